The molecule has 0 spiro atoms. The minimum Gasteiger partial charge on any atom is -0.506 e. The van der Waals surface area contributed by atoms with Crippen molar-refractivity contribution in [2.75, 3.05) is 32.9 Å². The van der Waals surface area contributed by atoms with E-state index < -0.39 is 10.0 Å². The maximum absolute atomic E-state index is 12.6. The molecule has 0 aliphatic rings. The molecule has 0 saturated heterocycles. The number of phenols is 1. The molecule has 6 nitrogen and oxygen atoms in total. The smallest absolute Gasteiger partial charge is 0.243 e. The molecule has 0 aromatic heterocycles. The summed E-state index contributed by atoms with van der Waals surface area (Å²) in [4.78, 5) is 2.04. The van der Waals surface area contributed by atoms with Gasteiger partial charge in [-0.15, -0.1) is 0 Å². The third-order valence-corrected chi connectivity index (χ3v) is 5.12. The van der Waals surface area contributed by atoms with Crippen LogP contribution in [0.25, 0.3) is 0 Å². The molecule has 1 rings (SSSR count). The van der Waals surface area contributed by atoms with Gasteiger partial charge in [0.05, 0.1) is 10.6 Å². The Hall–Kier alpha value is -1.31. The quantitative estimate of drug-likeness (QED) is 0.603. The van der Waals surface area contributed by atoms with Gasteiger partial charge in [0.25, 0.3) is 0 Å². The molecule has 0 aliphatic carbocycles. The first-order chi connectivity index (χ1) is 9.20. The largest absolute Gasteiger partial charge is 0.506 e. The van der Waals surface area contributed by atoms with Crippen LogP contribution < -0.4 is 5.73 Å². The first kappa shape index (κ1) is 16.7. The molecule has 20 heavy (non-hydrogen) atoms. The van der Waals surface area contributed by atoms with E-state index in [0.29, 0.717) is 13.1 Å². The van der Waals surface area contributed by atoms with Crippen LogP contribution in [0.2, 0.25) is 0 Å². The lowest BCUT2D eigenvalue weighted by Gasteiger charge is -2.29. The Morgan fingerprint density at radius 3 is 2.40 bits per heavy atom. The standard InChI is InChI=1S/C13H23N3O3S/c1-5-16(10(2)9-15(3)4)20(18,19)11-6-7-13(17)12(14)8-11/h6-8,10,17H,5,9,14H2,1-4H3. The Kier molecular flexibility index (Phi) is 5.38. The Bertz CT molecular complexity index is 558. The van der Waals surface area contributed by atoms with E-state index in [-0.39, 0.29) is 22.4 Å². The zero-order chi connectivity index (χ0) is 15.5. The van der Waals surface area contributed by atoms with Crippen molar-refractivity contribution in [1.29, 1.82) is 0 Å². The van der Waals surface area contributed by atoms with Crippen LogP contribution in [0.4, 0.5) is 5.69 Å². The molecule has 1 aromatic rings. The molecule has 0 radical (unpaired) electrons. The van der Waals surface area contributed by atoms with Crippen molar-refractivity contribution in [2.45, 2.75) is 24.8 Å². The fourth-order valence-electron chi connectivity index (χ4n) is 2.17. The van der Waals surface area contributed by atoms with E-state index in [9.17, 15) is 13.5 Å². The maximum atomic E-state index is 12.6. The second kappa shape index (κ2) is 6.43. The number of likely N-dealkylation sites (N-methyl/N-ethyl adjacent to an activating group) is 2. The van der Waals surface area contributed by atoms with Crippen molar-refractivity contribution < 1.29 is 13.5 Å². The van der Waals surface area contributed by atoms with Gasteiger partial charge in [-0.05, 0) is 39.2 Å². The van der Waals surface area contributed by atoms with Crippen molar-refractivity contribution >= 4 is 15.7 Å². The lowest BCUT2D eigenvalue weighted by atomic mass is 10.3. The predicted molar refractivity (Wildman–Crippen MR) is 80.1 cm³/mol. The molecule has 1 atom stereocenters. The van der Waals surface area contributed by atoms with Gasteiger partial charge in [0, 0.05) is 19.1 Å². The fraction of sp³-hybridized carbons (Fsp3) is 0.538. The number of nitrogen functional groups attached to an aromatic ring is 1. The minimum atomic E-state index is -3.62. The molecule has 0 amide bonds. The van der Waals surface area contributed by atoms with Gasteiger partial charge in [-0.2, -0.15) is 4.31 Å². The van der Waals surface area contributed by atoms with Crippen LogP contribution >= 0.6 is 0 Å². The lowest BCUT2D eigenvalue weighted by molar-refractivity contribution is 0.271. The van der Waals surface area contributed by atoms with Crippen LogP contribution in [0.15, 0.2) is 23.1 Å². The molecule has 0 bridgehead atoms. The Labute approximate surface area is 120 Å². The SMILES string of the molecule is CCN(C(C)CN(C)C)S(=O)(=O)c1ccc(O)c(N)c1. The second-order valence-corrected chi connectivity index (χ2v) is 6.93. The van der Waals surface area contributed by atoms with E-state index in [1.54, 1.807) is 6.92 Å². The summed E-state index contributed by atoms with van der Waals surface area (Å²) in [6.45, 7) is 4.66. The normalized spacial score (nSPS) is 13.9. The van der Waals surface area contributed by atoms with Crippen molar-refractivity contribution in [1.82, 2.24) is 9.21 Å². The molecule has 0 fully saturated rings. The Morgan fingerprint density at radius 1 is 1.35 bits per heavy atom. The summed E-state index contributed by atoms with van der Waals surface area (Å²) in [5.41, 5.74) is 5.63. The maximum Gasteiger partial charge on any atom is 0.243 e. The molecular formula is C13H23N3O3S. The third kappa shape index (κ3) is 3.62. The highest BCUT2D eigenvalue weighted by molar-refractivity contribution is 7.89. The van der Waals surface area contributed by atoms with Crippen LogP contribution in [0.1, 0.15) is 13.8 Å². The number of aromatic hydroxyl groups is 1. The van der Waals surface area contributed by atoms with E-state index >= 15 is 0 Å². The summed E-state index contributed by atoms with van der Waals surface area (Å²) in [5, 5.41) is 9.39. The summed E-state index contributed by atoms with van der Waals surface area (Å²) >= 11 is 0. The lowest BCUT2D eigenvalue weighted by Crippen LogP contribution is -2.43. The number of nitrogens with two attached hydrogens (primary N) is 1. The van der Waals surface area contributed by atoms with E-state index in [1.807, 2.05) is 25.9 Å². The summed E-state index contributed by atoms with van der Waals surface area (Å²) < 4.78 is 26.7. The second-order valence-electron chi connectivity index (χ2n) is 5.04. The van der Waals surface area contributed by atoms with E-state index in [1.165, 1.54) is 22.5 Å². The number of hydrogen-bond acceptors (Lipinski definition) is 5. The van der Waals surface area contributed by atoms with E-state index in [2.05, 4.69) is 0 Å². The molecule has 7 heteroatoms. The topological polar surface area (TPSA) is 86.9 Å². The van der Waals surface area contributed by atoms with Crippen LogP contribution in [-0.2, 0) is 10.0 Å². The summed E-state index contributed by atoms with van der Waals surface area (Å²) in [7, 11) is 0.177. The summed E-state index contributed by atoms with van der Waals surface area (Å²) in [6, 6.07) is 3.80. The molecule has 1 unspecified atom stereocenters. The van der Waals surface area contributed by atoms with Gasteiger partial charge in [-0.1, -0.05) is 6.92 Å². The van der Waals surface area contributed by atoms with Gasteiger partial charge in [0.1, 0.15) is 5.75 Å². The average molecular weight is 301 g/mol. The molecule has 0 saturated carbocycles. The van der Waals surface area contributed by atoms with Crippen LogP contribution in [-0.4, -0.2) is 56.0 Å². The summed E-state index contributed by atoms with van der Waals surface area (Å²) in [6.07, 6.45) is 0. The number of anilines is 1. The number of phenolic OH excluding ortho intramolecular Hbond substituents is 1. The van der Waals surface area contributed by atoms with Gasteiger partial charge >= 0.3 is 0 Å². The Balaban J connectivity index is 3.14. The number of sulfonamides is 1. The average Bonchev–Trinajstić information content (AvgIpc) is 2.31. The van der Waals surface area contributed by atoms with Crippen molar-refractivity contribution in [3.05, 3.63) is 18.2 Å². The number of hydrogen-bond donors (Lipinski definition) is 2. The number of benzene rings is 1. The molecular weight excluding hydrogens is 278 g/mol. The number of nitrogens with zero attached hydrogens (tertiary/aromatic N) is 2. The van der Waals surface area contributed by atoms with E-state index in [0.717, 1.165) is 0 Å². The Morgan fingerprint density at radius 2 is 1.95 bits per heavy atom. The molecule has 3 N–H and O–H groups in total. The van der Waals surface area contributed by atoms with Crippen molar-refractivity contribution in [3.63, 3.8) is 0 Å². The van der Waals surface area contributed by atoms with Gasteiger partial charge in [0.15, 0.2) is 0 Å². The fourth-order valence-corrected chi connectivity index (χ4v) is 3.83. The first-order valence-corrected chi connectivity index (χ1v) is 7.89. The third-order valence-electron chi connectivity index (χ3n) is 3.04. The van der Waals surface area contributed by atoms with Crippen LogP contribution in [0, 0.1) is 0 Å². The monoisotopic (exact) mass is 301 g/mol. The zero-order valence-electron chi connectivity index (χ0n) is 12.4. The van der Waals surface area contributed by atoms with Gasteiger partial charge < -0.3 is 15.7 Å². The highest BCUT2D eigenvalue weighted by atomic mass is 32.2. The van der Waals surface area contributed by atoms with Gasteiger partial charge in [-0.3, -0.25) is 0 Å². The van der Waals surface area contributed by atoms with E-state index in [4.69, 9.17) is 5.73 Å². The molecule has 1 aromatic carbocycles. The van der Waals surface area contributed by atoms with Crippen molar-refractivity contribution in [2.24, 2.45) is 0 Å². The summed E-state index contributed by atoms with van der Waals surface area (Å²) in [5.74, 6) is -0.117. The van der Waals surface area contributed by atoms with Crippen molar-refractivity contribution in [3.8, 4) is 5.75 Å². The van der Waals surface area contributed by atoms with Crippen LogP contribution in [0.5, 0.6) is 5.75 Å². The van der Waals surface area contributed by atoms with Gasteiger partial charge in [-0.25, -0.2) is 8.42 Å². The van der Waals surface area contributed by atoms with Crippen LogP contribution in [0.3, 0.4) is 0 Å². The highest BCUT2D eigenvalue weighted by Gasteiger charge is 2.28. The minimum absolute atomic E-state index is 0.0578. The van der Waals surface area contributed by atoms with Gasteiger partial charge in [0.2, 0.25) is 10.0 Å². The zero-order valence-corrected chi connectivity index (χ0v) is 13.2. The highest BCUT2D eigenvalue weighted by Crippen LogP contribution is 2.26. The molecule has 0 aliphatic heterocycles. The number of rotatable bonds is 6. The molecule has 0 heterocycles. The first-order valence-electron chi connectivity index (χ1n) is 6.45. The molecule has 114 valence electrons. The predicted octanol–water partition coefficient (Wildman–Crippen LogP) is 0.935.